The summed E-state index contributed by atoms with van der Waals surface area (Å²) in [6, 6.07) is 1.15. The molecule has 0 bridgehead atoms. The lowest BCUT2D eigenvalue weighted by molar-refractivity contribution is 0.0505. The molecule has 12 heteroatoms. The summed E-state index contributed by atoms with van der Waals surface area (Å²) in [5.41, 5.74) is 0.798. The van der Waals surface area contributed by atoms with E-state index in [1.54, 1.807) is 25.7 Å². The molecule has 1 aliphatic heterocycles. The van der Waals surface area contributed by atoms with Gasteiger partial charge in [-0.2, -0.15) is 0 Å². The van der Waals surface area contributed by atoms with Crippen molar-refractivity contribution in [3.63, 3.8) is 0 Å². The molecule has 0 aromatic carbocycles. The predicted octanol–water partition coefficient (Wildman–Crippen LogP) is 3.09. The van der Waals surface area contributed by atoms with Crippen molar-refractivity contribution in [1.82, 2.24) is 19.9 Å². The van der Waals surface area contributed by atoms with Gasteiger partial charge in [0.2, 0.25) is 11.8 Å². The Labute approximate surface area is 198 Å². The first-order valence-corrected chi connectivity index (χ1v) is 13.0. The number of aryl methyl sites for hydroxylation is 1. The lowest BCUT2D eigenvalue weighted by Gasteiger charge is -2.31. The number of hydrogen-bond acceptors (Lipinski definition) is 9. The minimum atomic E-state index is -3.18. The van der Waals surface area contributed by atoms with E-state index in [0.717, 1.165) is 12.3 Å². The average Bonchev–Trinajstić information content (AvgIpc) is 2.76. The molecule has 3 rings (SSSR count). The van der Waals surface area contributed by atoms with Crippen molar-refractivity contribution in [2.45, 2.75) is 52.2 Å². The highest BCUT2D eigenvalue weighted by atomic mass is 32.2. The molecule has 10 nitrogen and oxygen atoms in total. The first-order chi connectivity index (χ1) is 16.0. The number of halogens is 1. The van der Waals surface area contributed by atoms with Crippen molar-refractivity contribution >= 4 is 15.9 Å². The second kappa shape index (κ2) is 10.9. The van der Waals surface area contributed by atoms with E-state index < -0.39 is 15.7 Å². The van der Waals surface area contributed by atoms with Gasteiger partial charge in [-0.05, 0) is 26.8 Å². The number of rotatable bonds is 8. The number of hydrogen-bond donors (Lipinski definition) is 0. The number of piperidine rings is 1. The number of nitrogens with zero attached hydrogens (tertiary/aromatic N) is 4. The lowest BCUT2D eigenvalue weighted by Crippen LogP contribution is -2.42. The number of aromatic nitrogens is 3. The number of sulfone groups is 1. The van der Waals surface area contributed by atoms with Crippen LogP contribution in [-0.4, -0.2) is 71.7 Å². The van der Waals surface area contributed by atoms with Crippen molar-refractivity contribution in [3.8, 4) is 17.5 Å². The van der Waals surface area contributed by atoms with E-state index in [0.29, 0.717) is 43.1 Å². The van der Waals surface area contributed by atoms with Gasteiger partial charge in [-0.15, -0.1) is 0 Å². The molecule has 0 saturated carbocycles. The average molecular weight is 497 g/mol. The van der Waals surface area contributed by atoms with Crippen LogP contribution in [0.25, 0.3) is 0 Å². The minimum Gasteiger partial charge on any atom is -0.474 e. The fraction of sp³-hybridized carbons (Fsp3) is 0.545. The third-order valence-corrected chi connectivity index (χ3v) is 6.06. The van der Waals surface area contributed by atoms with Crippen LogP contribution in [0.5, 0.6) is 17.5 Å². The van der Waals surface area contributed by atoms with E-state index in [9.17, 15) is 17.6 Å². The van der Waals surface area contributed by atoms with Crippen LogP contribution < -0.4 is 9.47 Å². The van der Waals surface area contributed by atoms with Gasteiger partial charge in [-0.1, -0.05) is 0 Å². The van der Waals surface area contributed by atoms with Gasteiger partial charge >= 0.3 is 6.09 Å². The summed E-state index contributed by atoms with van der Waals surface area (Å²) in [6.45, 7) is 6.32. The van der Waals surface area contributed by atoms with E-state index >= 15 is 0 Å². The Kier molecular flexibility index (Phi) is 8.24. The fourth-order valence-corrected chi connectivity index (χ4v) is 3.87. The maximum Gasteiger partial charge on any atom is 0.410 e. The largest absolute Gasteiger partial charge is 0.474 e. The maximum atomic E-state index is 14.5. The molecule has 2 aromatic heterocycles. The van der Waals surface area contributed by atoms with Crippen LogP contribution in [0.15, 0.2) is 18.6 Å². The molecule has 0 N–H and O–H groups in total. The van der Waals surface area contributed by atoms with Crippen molar-refractivity contribution in [1.29, 1.82) is 0 Å². The summed E-state index contributed by atoms with van der Waals surface area (Å²) >= 11 is 0. The highest BCUT2D eigenvalue weighted by Gasteiger charge is 2.26. The lowest BCUT2D eigenvalue weighted by atomic mass is 10.1. The summed E-state index contributed by atoms with van der Waals surface area (Å²) in [6.07, 6.45) is 4.24. The minimum absolute atomic E-state index is 0.106. The molecule has 1 aliphatic rings. The molecule has 1 saturated heterocycles. The molecular formula is C22H29FN4O6S. The van der Waals surface area contributed by atoms with Crippen LogP contribution in [0.2, 0.25) is 0 Å². The normalized spacial score (nSPS) is 14.8. The van der Waals surface area contributed by atoms with Gasteiger partial charge < -0.3 is 19.1 Å². The highest BCUT2D eigenvalue weighted by Crippen LogP contribution is 2.30. The molecule has 0 radical (unpaired) electrons. The van der Waals surface area contributed by atoms with Crippen LogP contribution in [-0.2, 0) is 21.0 Å². The molecule has 186 valence electrons. The molecule has 1 amide bonds. The molecular weight excluding hydrogens is 467 g/mol. The molecule has 3 heterocycles. The van der Waals surface area contributed by atoms with Gasteiger partial charge in [0.15, 0.2) is 11.6 Å². The summed E-state index contributed by atoms with van der Waals surface area (Å²) in [5, 5.41) is 0. The van der Waals surface area contributed by atoms with Gasteiger partial charge in [-0.25, -0.2) is 27.6 Å². The Hall–Kier alpha value is -3.02. The van der Waals surface area contributed by atoms with Gasteiger partial charge in [0.05, 0.1) is 23.6 Å². The van der Waals surface area contributed by atoms with Gasteiger partial charge in [0, 0.05) is 44.3 Å². The summed E-state index contributed by atoms with van der Waals surface area (Å²) in [7, 11) is -3.18. The molecule has 1 fully saturated rings. The second-order valence-corrected chi connectivity index (χ2v) is 10.7. The zero-order valence-corrected chi connectivity index (χ0v) is 20.5. The Balaban J connectivity index is 1.62. The van der Waals surface area contributed by atoms with Gasteiger partial charge in [0.1, 0.15) is 22.3 Å². The van der Waals surface area contributed by atoms with Crippen molar-refractivity contribution in [2.24, 2.45) is 0 Å². The first kappa shape index (κ1) is 25.6. The van der Waals surface area contributed by atoms with Crippen LogP contribution in [0.4, 0.5) is 9.18 Å². The highest BCUT2D eigenvalue weighted by molar-refractivity contribution is 7.90. The fourth-order valence-electron chi connectivity index (χ4n) is 3.29. The van der Waals surface area contributed by atoms with Crippen molar-refractivity contribution in [3.05, 3.63) is 35.7 Å². The summed E-state index contributed by atoms with van der Waals surface area (Å²) in [5.74, 6) is -0.519. The number of ether oxygens (including phenoxy) is 3. The monoisotopic (exact) mass is 496 g/mol. The summed E-state index contributed by atoms with van der Waals surface area (Å²) in [4.78, 5) is 26.0. The van der Waals surface area contributed by atoms with Gasteiger partial charge in [-0.3, -0.25) is 4.98 Å². The van der Waals surface area contributed by atoms with E-state index in [-0.39, 0.29) is 42.1 Å². The topological polar surface area (TPSA) is 121 Å². The van der Waals surface area contributed by atoms with Crippen LogP contribution in [0, 0.1) is 12.7 Å². The Bertz CT molecular complexity index is 1120. The summed E-state index contributed by atoms with van der Waals surface area (Å²) < 4.78 is 53.9. The third-order valence-electron chi connectivity index (χ3n) is 5.12. The third kappa shape index (κ3) is 7.24. The SMILES string of the molecule is Cc1c(Oc2cnc(CCS(C)(=O)=O)cc2F)ncnc1OC1CCN(C(=O)OC(C)C)CC1. The van der Waals surface area contributed by atoms with Crippen LogP contribution >= 0.6 is 0 Å². The number of likely N-dealkylation sites (tertiary alicyclic amines) is 1. The van der Waals surface area contributed by atoms with Crippen LogP contribution in [0.1, 0.15) is 37.9 Å². The maximum absolute atomic E-state index is 14.5. The zero-order chi connectivity index (χ0) is 24.9. The second-order valence-electron chi connectivity index (χ2n) is 8.43. The number of carbonyl (C=O) groups excluding carboxylic acids is 1. The quantitative estimate of drug-likeness (QED) is 0.543. The van der Waals surface area contributed by atoms with Gasteiger partial charge in [0.25, 0.3) is 0 Å². The van der Waals surface area contributed by atoms with E-state index in [4.69, 9.17) is 14.2 Å². The van der Waals surface area contributed by atoms with Crippen molar-refractivity contribution < 1.29 is 31.8 Å². The van der Waals surface area contributed by atoms with Crippen molar-refractivity contribution in [2.75, 3.05) is 25.1 Å². The molecule has 0 aliphatic carbocycles. The van der Waals surface area contributed by atoms with E-state index in [1.807, 2.05) is 0 Å². The zero-order valence-electron chi connectivity index (χ0n) is 19.7. The molecule has 2 aromatic rings. The molecule has 34 heavy (non-hydrogen) atoms. The Morgan fingerprint density at radius 3 is 2.50 bits per heavy atom. The number of pyridine rings is 1. The number of amides is 1. The molecule has 0 atom stereocenters. The standard InChI is InChI=1S/C22H29FN4O6S/c1-14(2)31-22(28)27-8-5-17(6-9-27)32-20-15(3)21(26-13-25-20)33-19-12-24-16(11-18(19)23)7-10-34(4,29)30/h11-14,17H,5-10H2,1-4H3. The Morgan fingerprint density at radius 2 is 1.88 bits per heavy atom. The molecule has 0 spiro atoms. The molecule has 0 unspecified atom stereocenters. The predicted molar refractivity (Wildman–Crippen MR) is 121 cm³/mol. The number of carbonyl (C=O) groups is 1. The van der Waals surface area contributed by atoms with Crippen LogP contribution in [0.3, 0.4) is 0 Å². The first-order valence-electron chi connectivity index (χ1n) is 11.0. The van der Waals surface area contributed by atoms with E-state index in [2.05, 4.69) is 15.0 Å². The smallest absolute Gasteiger partial charge is 0.410 e. The van der Waals surface area contributed by atoms with E-state index in [1.165, 1.54) is 12.5 Å². The Morgan fingerprint density at radius 1 is 1.21 bits per heavy atom.